The van der Waals surface area contributed by atoms with E-state index in [0.717, 1.165) is 28.1 Å². The Kier molecular flexibility index (Phi) is 4.76. The first-order valence-electron chi connectivity index (χ1n) is 5.93. The maximum absolute atomic E-state index is 6.26. The normalized spacial score (nSPS) is 10.8. The molecule has 0 bridgehead atoms. The molecule has 19 heavy (non-hydrogen) atoms. The van der Waals surface area contributed by atoms with Crippen LogP contribution in [0.25, 0.3) is 0 Å². The summed E-state index contributed by atoms with van der Waals surface area (Å²) in [4.78, 5) is 0. The van der Waals surface area contributed by atoms with Gasteiger partial charge in [0.1, 0.15) is 0 Å². The van der Waals surface area contributed by atoms with Crippen LogP contribution in [0.4, 0.5) is 5.69 Å². The summed E-state index contributed by atoms with van der Waals surface area (Å²) >= 11 is 15.8. The van der Waals surface area contributed by atoms with Crippen LogP contribution in [-0.4, -0.2) is 9.78 Å². The molecule has 0 aliphatic carbocycles. The van der Waals surface area contributed by atoms with Crippen LogP contribution in [0.1, 0.15) is 18.3 Å². The Hall–Kier alpha value is -0.710. The molecule has 0 saturated carbocycles. The zero-order valence-electron chi connectivity index (χ0n) is 10.7. The quantitative estimate of drug-likeness (QED) is 0.838. The van der Waals surface area contributed by atoms with Gasteiger partial charge in [-0.3, -0.25) is 4.68 Å². The summed E-state index contributed by atoms with van der Waals surface area (Å²) in [6.45, 7) is 5.33. The van der Waals surface area contributed by atoms with Crippen LogP contribution in [0.2, 0.25) is 10.0 Å². The number of aromatic nitrogens is 2. The minimum atomic E-state index is 0.592. The van der Waals surface area contributed by atoms with Gasteiger partial charge >= 0.3 is 0 Å². The fourth-order valence-electron chi connectivity index (χ4n) is 1.85. The highest BCUT2D eigenvalue weighted by Crippen LogP contribution is 2.27. The molecule has 1 aromatic heterocycles. The van der Waals surface area contributed by atoms with Crippen molar-refractivity contribution in [2.24, 2.45) is 0 Å². The molecule has 0 unspecified atom stereocenters. The predicted octanol–water partition coefficient (Wildman–Crippen LogP) is 4.89. The zero-order chi connectivity index (χ0) is 14.0. The van der Waals surface area contributed by atoms with Crippen molar-refractivity contribution < 1.29 is 0 Å². The summed E-state index contributed by atoms with van der Waals surface area (Å²) in [5.74, 6) is 0. The number of nitrogens with zero attached hydrogens (tertiary/aromatic N) is 2. The zero-order valence-corrected chi connectivity index (χ0v) is 13.8. The summed E-state index contributed by atoms with van der Waals surface area (Å²) in [5.41, 5.74) is 2.70. The first-order valence-corrected chi connectivity index (χ1v) is 7.48. The van der Waals surface area contributed by atoms with E-state index >= 15 is 0 Å². The van der Waals surface area contributed by atoms with Gasteiger partial charge in [0.2, 0.25) is 0 Å². The second kappa shape index (κ2) is 6.16. The highest BCUT2D eigenvalue weighted by molar-refractivity contribution is 9.10. The van der Waals surface area contributed by atoms with Crippen LogP contribution in [0, 0.1) is 6.92 Å². The predicted molar refractivity (Wildman–Crippen MR) is 84.1 cm³/mol. The van der Waals surface area contributed by atoms with Gasteiger partial charge in [0.15, 0.2) is 0 Å². The second-order valence-corrected chi connectivity index (χ2v) is 5.84. The van der Waals surface area contributed by atoms with E-state index in [1.165, 1.54) is 0 Å². The Morgan fingerprint density at radius 3 is 2.74 bits per heavy atom. The maximum Gasteiger partial charge on any atom is 0.0865 e. The van der Waals surface area contributed by atoms with Crippen molar-refractivity contribution in [3.05, 3.63) is 44.1 Å². The fraction of sp³-hybridized carbons (Fsp3) is 0.308. The minimum absolute atomic E-state index is 0.592. The minimum Gasteiger partial charge on any atom is -0.378 e. The SMILES string of the molecule is CCn1nc(C)c(Cl)c1CNc1ccc(Br)cc1Cl. The number of benzene rings is 1. The van der Waals surface area contributed by atoms with Gasteiger partial charge in [0, 0.05) is 11.0 Å². The molecule has 2 rings (SSSR count). The molecule has 2 aromatic rings. The van der Waals surface area contributed by atoms with E-state index in [9.17, 15) is 0 Å². The number of nitrogens with one attached hydrogen (secondary N) is 1. The molecule has 0 fully saturated rings. The summed E-state index contributed by atoms with van der Waals surface area (Å²) in [6, 6.07) is 5.73. The molecule has 0 radical (unpaired) electrons. The first kappa shape index (κ1) is 14.7. The molecular formula is C13H14BrCl2N3. The Morgan fingerprint density at radius 1 is 1.37 bits per heavy atom. The Labute approximate surface area is 131 Å². The fourth-order valence-corrected chi connectivity index (χ4v) is 2.79. The van der Waals surface area contributed by atoms with Crippen LogP contribution in [0.15, 0.2) is 22.7 Å². The lowest BCUT2D eigenvalue weighted by Crippen LogP contribution is -2.08. The molecule has 0 saturated heterocycles. The molecule has 0 aliphatic rings. The molecule has 0 atom stereocenters. The third-order valence-corrected chi connectivity index (χ3v) is 4.13. The number of rotatable bonds is 4. The van der Waals surface area contributed by atoms with E-state index < -0.39 is 0 Å². The van der Waals surface area contributed by atoms with Crippen molar-refractivity contribution in [2.45, 2.75) is 26.9 Å². The Bertz CT molecular complexity index is 596. The van der Waals surface area contributed by atoms with E-state index in [1.54, 1.807) is 0 Å². The van der Waals surface area contributed by atoms with Crippen molar-refractivity contribution in [1.82, 2.24) is 9.78 Å². The highest BCUT2D eigenvalue weighted by atomic mass is 79.9. The summed E-state index contributed by atoms with van der Waals surface area (Å²) in [6.07, 6.45) is 0. The topological polar surface area (TPSA) is 29.9 Å². The van der Waals surface area contributed by atoms with E-state index in [0.29, 0.717) is 16.6 Å². The number of halogens is 3. The van der Waals surface area contributed by atoms with E-state index in [4.69, 9.17) is 23.2 Å². The van der Waals surface area contributed by atoms with Crippen LogP contribution in [0.3, 0.4) is 0 Å². The smallest absolute Gasteiger partial charge is 0.0865 e. The van der Waals surface area contributed by atoms with Crippen molar-refractivity contribution in [3.63, 3.8) is 0 Å². The molecule has 0 amide bonds. The van der Waals surface area contributed by atoms with Gasteiger partial charge in [-0.2, -0.15) is 5.10 Å². The van der Waals surface area contributed by atoms with Gasteiger partial charge in [-0.05, 0) is 32.0 Å². The van der Waals surface area contributed by atoms with Crippen molar-refractivity contribution >= 4 is 44.8 Å². The number of hydrogen-bond donors (Lipinski definition) is 1. The van der Waals surface area contributed by atoms with Gasteiger partial charge in [0.05, 0.1) is 33.7 Å². The lowest BCUT2D eigenvalue weighted by Gasteiger charge is -2.10. The second-order valence-electron chi connectivity index (χ2n) is 4.14. The monoisotopic (exact) mass is 361 g/mol. The van der Waals surface area contributed by atoms with Gasteiger partial charge in [-0.15, -0.1) is 0 Å². The van der Waals surface area contributed by atoms with Gasteiger partial charge in [0.25, 0.3) is 0 Å². The molecule has 102 valence electrons. The average molecular weight is 363 g/mol. The molecule has 3 nitrogen and oxygen atoms in total. The maximum atomic E-state index is 6.26. The number of hydrogen-bond acceptors (Lipinski definition) is 2. The largest absolute Gasteiger partial charge is 0.378 e. The number of anilines is 1. The Morgan fingerprint density at radius 2 is 2.11 bits per heavy atom. The van der Waals surface area contributed by atoms with E-state index in [1.807, 2.05) is 36.7 Å². The molecule has 1 heterocycles. The third kappa shape index (κ3) is 3.25. The lowest BCUT2D eigenvalue weighted by molar-refractivity contribution is 0.623. The van der Waals surface area contributed by atoms with Crippen LogP contribution >= 0.6 is 39.1 Å². The average Bonchev–Trinajstić information content (AvgIpc) is 2.65. The molecule has 0 spiro atoms. The van der Waals surface area contributed by atoms with Gasteiger partial charge in [-0.25, -0.2) is 0 Å². The molecule has 1 N–H and O–H groups in total. The van der Waals surface area contributed by atoms with Gasteiger partial charge in [-0.1, -0.05) is 39.1 Å². The van der Waals surface area contributed by atoms with E-state index in [2.05, 4.69) is 26.3 Å². The molecule has 1 aromatic carbocycles. The highest BCUT2D eigenvalue weighted by Gasteiger charge is 2.12. The lowest BCUT2D eigenvalue weighted by atomic mass is 10.3. The first-order chi connectivity index (χ1) is 9.02. The Balaban J connectivity index is 2.18. The molecular weight excluding hydrogens is 349 g/mol. The van der Waals surface area contributed by atoms with Crippen LogP contribution in [0.5, 0.6) is 0 Å². The standard InChI is InChI=1S/C13H14BrCl2N3/c1-3-19-12(13(16)8(2)18-19)7-17-11-5-4-9(14)6-10(11)15/h4-6,17H,3,7H2,1-2H3. The summed E-state index contributed by atoms with van der Waals surface area (Å²) < 4.78 is 2.85. The van der Waals surface area contributed by atoms with Crippen molar-refractivity contribution in [3.8, 4) is 0 Å². The third-order valence-electron chi connectivity index (χ3n) is 2.83. The molecule has 0 aliphatic heterocycles. The van der Waals surface area contributed by atoms with Crippen LogP contribution < -0.4 is 5.32 Å². The van der Waals surface area contributed by atoms with Gasteiger partial charge < -0.3 is 5.32 Å². The molecule has 6 heteroatoms. The van der Waals surface area contributed by atoms with Crippen LogP contribution in [-0.2, 0) is 13.1 Å². The summed E-state index contributed by atoms with van der Waals surface area (Å²) in [5, 5.41) is 9.05. The van der Waals surface area contributed by atoms with E-state index in [-0.39, 0.29) is 0 Å². The summed E-state index contributed by atoms with van der Waals surface area (Å²) in [7, 11) is 0. The number of aryl methyl sites for hydroxylation is 2. The van der Waals surface area contributed by atoms with Crippen molar-refractivity contribution in [2.75, 3.05) is 5.32 Å². The van der Waals surface area contributed by atoms with Crippen molar-refractivity contribution in [1.29, 1.82) is 0 Å².